The maximum atomic E-state index is 12.5. The number of carboxylic acids is 1. The Morgan fingerprint density at radius 2 is 2.07 bits per heavy atom. The number of benzene rings is 1. The molecule has 0 saturated carbocycles. The van der Waals surface area contributed by atoms with Crippen LogP contribution in [0.15, 0.2) is 18.2 Å². The van der Waals surface area contributed by atoms with Crippen LogP contribution in [0.4, 0.5) is 5.69 Å². The largest absolute Gasteiger partial charge is 0.478 e. The van der Waals surface area contributed by atoms with Crippen LogP contribution in [-0.2, 0) is 24.1 Å². The summed E-state index contributed by atoms with van der Waals surface area (Å²) in [6, 6.07) is 6.04. The third kappa shape index (κ3) is 3.18. The van der Waals surface area contributed by atoms with Gasteiger partial charge >= 0.3 is 5.97 Å². The number of hydrogen-bond donors (Lipinski definition) is 3. The number of anilines is 1. The normalized spacial score (nSPS) is 16.9. The van der Waals surface area contributed by atoms with Gasteiger partial charge < -0.3 is 15.4 Å². The van der Waals surface area contributed by atoms with Gasteiger partial charge in [-0.2, -0.15) is 0 Å². The summed E-state index contributed by atoms with van der Waals surface area (Å²) in [6.07, 6.45) is 8.62. The number of unbranched alkanes of at least 4 members (excludes halogenated alkanes) is 1. The van der Waals surface area contributed by atoms with Crippen molar-refractivity contribution in [2.75, 3.05) is 5.32 Å². The zero-order valence-electron chi connectivity index (χ0n) is 15.5. The summed E-state index contributed by atoms with van der Waals surface area (Å²) >= 11 is 0. The number of aromatic carboxylic acids is 1. The van der Waals surface area contributed by atoms with Crippen molar-refractivity contribution in [1.82, 2.24) is 4.98 Å². The maximum absolute atomic E-state index is 12.5. The van der Waals surface area contributed by atoms with Crippen LogP contribution in [0.2, 0.25) is 0 Å². The molecule has 3 N–H and O–H groups in total. The lowest BCUT2D eigenvalue weighted by Crippen LogP contribution is -2.07. The van der Waals surface area contributed by atoms with Crippen molar-refractivity contribution in [3.8, 4) is 0 Å². The van der Waals surface area contributed by atoms with E-state index >= 15 is 0 Å². The molecule has 0 unspecified atom stereocenters. The molecule has 5 nitrogen and oxygen atoms in total. The van der Waals surface area contributed by atoms with Crippen LogP contribution >= 0.6 is 0 Å². The molecule has 1 aromatic carbocycles. The molecule has 27 heavy (non-hydrogen) atoms. The predicted molar refractivity (Wildman–Crippen MR) is 106 cm³/mol. The molecule has 140 valence electrons. The van der Waals surface area contributed by atoms with Crippen molar-refractivity contribution in [3.05, 3.63) is 51.8 Å². The third-order valence-corrected chi connectivity index (χ3v) is 5.51. The minimum absolute atomic E-state index is 0.179. The molecule has 1 aliphatic heterocycles. The highest BCUT2D eigenvalue weighted by Gasteiger charge is 2.28. The average molecular weight is 364 g/mol. The number of carboxylic acid groups (broad SMARTS) is 1. The first-order valence-electron chi connectivity index (χ1n) is 9.72. The molecule has 0 bridgehead atoms. The molecule has 0 saturated heterocycles. The van der Waals surface area contributed by atoms with Crippen molar-refractivity contribution in [1.29, 1.82) is 0 Å². The standard InChI is InChI=1S/C22H24N2O3/c1-2-3-6-13-9-10-18-15(11-13)16(21(25)24-18)12-19-20(22(26)27)14-7-4-5-8-17(14)23-19/h9-12,23H,2-8H2,1H3,(H,24,25)(H,26,27). The molecule has 0 atom stereocenters. The molecule has 0 spiro atoms. The Kier molecular flexibility index (Phi) is 4.60. The molecular weight excluding hydrogens is 340 g/mol. The van der Waals surface area contributed by atoms with Gasteiger partial charge in [-0.1, -0.05) is 19.4 Å². The molecule has 2 heterocycles. The van der Waals surface area contributed by atoms with Crippen molar-refractivity contribution in [2.45, 2.75) is 51.9 Å². The van der Waals surface area contributed by atoms with Gasteiger partial charge in [0.2, 0.25) is 0 Å². The van der Waals surface area contributed by atoms with Crippen LogP contribution < -0.4 is 5.32 Å². The van der Waals surface area contributed by atoms with E-state index in [2.05, 4.69) is 23.3 Å². The van der Waals surface area contributed by atoms with E-state index in [-0.39, 0.29) is 5.91 Å². The number of nitrogens with one attached hydrogen (secondary N) is 2. The fourth-order valence-corrected chi connectivity index (χ4v) is 4.12. The van der Waals surface area contributed by atoms with Crippen LogP contribution in [0, 0.1) is 0 Å². The summed E-state index contributed by atoms with van der Waals surface area (Å²) in [7, 11) is 0. The second kappa shape index (κ2) is 7.06. The first-order chi connectivity index (χ1) is 13.1. The van der Waals surface area contributed by atoms with Crippen molar-refractivity contribution in [2.24, 2.45) is 0 Å². The molecule has 1 aromatic heterocycles. The molecule has 1 aliphatic carbocycles. The molecule has 2 aliphatic rings. The Balaban J connectivity index is 1.79. The van der Waals surface area contributed by atoms with Gasteiger partial charge in [0.25, 0.3) is 5.91 Å². The molecule has 0 radical (unpaired) electrons. The lowest BCUT2D eigenvalue weighted by atomic mass is 9.94. The molecule has 4 rings (SSSR count). The SMILES string of the molecule is CCCCc1ccc2c(c1)C(=Cc1[nH]c3c(c1C(=O)O)CCCC3)C(=O)N2. The van der Waals surface area contributed by atoms with E-state index in [0.717, 1.165) is 67.5 Å². The Labute approximate surface area is 158 Å². The topological polar surface area (TPSA) is 82.2 Å². The van der Waals surface area contributed by atoms with E-state index in [4.69, 9.17) is 0 Å². The van der Waals surface area contributed by atoms with Gasteiger partial charge in [0.15, 0.2) is 0 Å². The van der Waals surface area contributed by atoms with Crippen LogP contribution in [0.1, 0.15) is 71.0 Å². The summed E-state index contributed by atoms with van der Waals surface area (Å²) in [6.45, 7) is 2.16. The second-order valence-corrected chi connectivity index (χ2v) is 7.38. The number of aryl methyl sites for hydroxylation is 2. The Bertz CT molecular complexity index is 953. The number of fused-ring (bicyclic) bond motifs is 2. The number of aromatic nitrogens is 1. The van der Waals surface area contributed by atoms with Gasteiger partial charge in [-0.3, -0.25) is 4.79 Å². The van der Waals surface area contributed by atoms with E-state index in [1.54, 1.807) is 6.08 Å². The molecule has 1 amide bonds. The van der Waals surface area contributed by atoms with Gasteiger partial charge in [0, 0.05) is 16.9 Å². The van der Waals surface area contributed by atoms with Crippen molar-refractivity contribution < 1.29 is 14.7 Å². The molecule has 5 heteroatoms. The van der Waals surface area contributed by atoms with Crippen LogP contribution in [0.3, 0.4) is 0 Å². The highest BCUT2D eigenvalue weighted by Crippen LogP contribution is 2.36. The lowest BCUT2D eigenvalue weighted by Gasteiger charge is -2.10. The van der Waals surface area contributed by atoms with Gasteiger partial charge in [0.05, 0.1) is 16.8 Å². The summed E-state index contributed by atoms with van der Waals surface area (Å²) in [5.74, 6) is -1.11. The molecule has 0 fully saturated rings. The quantitative estimate of drug-likeness (QED) is 0.687. The number of H-pyrrole nitrogens is 1. The summed E-state index contributed by atoms with van der Waals surface area (Å²) in [4.78, 5) is 27.7. The summed E-state index contributed by atoms with van der Waals surface area (Å²) in [5.41, 5.74) is 6.13. The lowest BCUT2D eigenvalue weighted by molar-refractivity contribution is -0.110. The third-order valence-electron chi connectivity index (χ3n) is 5.51. The zero-order valence-corrected chi connectivity index (χ0v) is 15.5. The van der Waals surface area contributed by atoms with Crippen LogP contribution in [-0.4, -0.2) is 22.0 Å². The summed E-state index contributed by atoms with van der Waals surface area (Å²) < 4.78 is 0. The van der Waals surface area contributed by atoms with E-state index in [1.807, 2.05) is 12.1 Å². The maximum Gasteiger partial charge on any atom is 0.338 e. The fraction of sp³-hybridized carbons (Fsp3) is 0.364. The van der Waals surface area contributed by atoms with E-state index < -0.39 is 5.97 Å². The Morgan fingerprint density at radius 3 is 2.85 bits per heavy atom. The minimum Gasteiger partial charge on any atom is -0.478 e. The Hall–Kier alpha value is -2.82. The number of aromatic amines is 1. The smallest absolute Gasteiger partial charge is 0.338 e. The van der Waals surface area contributed by atoms with Gasteiger partial charge in [0.1, 0.15) is 0 Å². The van der Waals surface area contributed by atoms with E-state index in [9.17, 15) is 14.7 Å². The van der Waals surface area contributed by atoms with Crippen LogP contribution in [0.5, 0.6) is 0 Å². The zero-order chi connectivity index (χ0) is 19.0. The monoisotopic (exact) mass is 364 g/mol. The molecule has 2 aromatic rings. The van der Waals surface area contributed by atoms with Gasteiger partial charge in [-0.25, -0.2) is 4.79 Å². The number of amides is 1. The first-order valence-corrected chi connectivity index (χ1v) is 9.72. The number of carbonyl (C=O) groups excluding carboxylic acids is 1. The second-order valence-electron chi connectivity index (χ2n) is 7.38. The Morgan fingerprint density at radius 1 is 1.26 bits per heavy atom. The predicted octanol–water partition coefficient (Wildman–Crippen LogP) is 4.43. The number of carbonyl (C=O) groups is 2. The van der Waals surface area contributed by atoms with Crippen molar-refractivity contribution >= 4 is 29.2 Å². The van der Waals surface area contributed by atoms with Crippen LogP contribution in [0.25, 0.3) is 11.6 Å². The van der Waals surface area contributed by atoms with Gasteiger partial charge in [-0.15, -0.1) is 0 Å². The first kappa shape index (κ1) is 17.6. The average Bonchev–Trinajstić information content (AvgIpc) is 3.17. The summed E-state index contributed by atoms with van der Waals surface area (Å²) in [5, 5.41) is 12.6. The number of rotatable bonds is 5. The van der Waals surface area contributed by atoms with Gasteiger partial charge in [-0.05, 0) is 67.9 Å². The highest BCUT2D eigenvalue weighted by atomic mass is 16.4. The fourth-order valence-electron chi connectivity index (χ4n) is 4.12. The van der Waals surface area contributed by atoms with E-state index in [1.165, 1.54) is 5.56 Å². The van der Waals surface area contributed by atoms with E-state index in [0.29, 0.717) is 16.8 Å². The highest BCUT2D eigenvalue weighted by molar-refractivity contribution is 6.35. The minimum atomic E-state index is -0.934. The molecular formula is C22H24N2O3. The number of hydrogen-bond acceptors (Lipinski definition) is 2. The van der Waals surface area contributed by atoms with Crippen molar-refractivity contribution in [3.63, 3.8) is 0 Å².